The lowest BCUT2D eigenvalue weighted by molar-refractivity contribution is -0.149. The maximum Gasteiger partial charge on any atom is 0.342 e. The summed E-state index contributed by atoms with van der Waals surface area (Å²) in [6.07, 6.45) is -0.163. The van der Waals surface area contributed by atoms with Crippen LogP contribution in [0.2, 0.25) is 10.0 Å². The SMILES string of the molecule is N[C@]1(C(=O)O)[C@H]2[C@@H](C[C@H]1[S+]([O-])Cc1ccc(Cl)c(Cl)c1)[C@]2(F)C(=O)O. The van der Waals surface area contributed by atoms with Gasteiger partial charge in [0.05, 0.1) is 10.0 Å². The minimum atomic E-state index is -2.67. The molecule has 0 amide bonds. The minimum Gasteiger partial charge on any atom is -0.616 e. The van der Waals surface area contributed by atoms with Crippen molar-refractivity contribution in [2.45, 2.75) is 28.6 Å². The van der Waals surface area contributed by atoms with Gasteiger partial charge in [0.2, 0.25) is 5.67 Å². The van der Waals surface area contributed by atoms with Gasteiger partial charge in [0.15, 0.2) is 5.54 Å². The fourth-order valence-corrected chi connectivity index (χ4v) is 5.95. The summed E-state index contributed by atoms with van der Waals surface area (Å²) in [5.41, 5.74) is 1.61. The van der Waals surface area contributed by atoms with E-state index in [0.717, 1.165) is 0 Å². The molecule has 136 valence electrons. The molecule has 25 heavy (non-hydrogen) atoms. The number of aliphatic carboxylic acids is 2. The molecule has 2 aliphatic carbocycles. The number of nitrogens with two attached hydrogens (primary N) is 1. The molecule has 0 aromatic heterocycles. The number of carboxylic acid groups (broad SMARTS) is 2. The van der Waals surface area contributed by atoms with E-state index in [2.05, 4.69) is 0 Å². The molecule has 0 bridgehead atoms. The quantitative estimate of drug-likeness (QED) is 0.637. The van der Waals surface area contributed by atoms with Crippen LogP contribution in [0.3, 0.4) is 0 Å². The summed E-state index contributed by atoms with van der Waals surface area (Å²) in [6.45, 7) is 0. The fraction of sp³-hybridized carbons (Fsp3) is 0.467. The van der Waals surface area contributed by atoms with Crippen LogP contribution in [0.4, 0.5) is 4.39 Å². The van der Waals surface area contributed by atoms with Crippen molar-refractivity contribution in [3.8, 4) is 0 Å². The number of benzene rings is 1. The third-order valence-corrected chi connectivity index (χ3v) is 7.68. The Morgan fingerprint density at radius 2 is 1.96 bits per heavy atom. The van der Waals surface area contributed by atoms with Crippen molar-refractivity contribution in [1.82, 2.24) is 0 Å². The van der Waals surface area contributed by atoms with Crippen molar-refractivity contribution in [3.63, 3.8) is 0 Å². The first-order valence-electron chi connectivity index (χ1n) is 7.30. The highest BCUT2D eigenvalue weighted by atomic mass is 35.5. The van der Waals surface area contributed by atoms with E-state index in [4.69, 9.17) is 34.0 Å². The van der Waals surface area contributed by atoms with Crippen molar-refractivity contribution in [2.24, 2.45) is 17.6 Å². The van der Waals surface area contributed by atoms with E-state index >= 15 is 0 Å². The van der Waals surface area contributed by atoms with Crippen molar-refractivity contribution in [2.75, 3.05) is 0 Å². The Balaban J connectivity index is 1.84. The summed E-state index contributed by atoms with van der Waals surface area (Å²) in [5, 5.41) is 18.0. The van der Waals surface area contributed by atoms with E-state index in [1.165, 1.54) is 12.1 Å². The topological polar surface area (TPSA) is 124 Å². The zero-order valence-electron chi connectivity index (χ0n) is 12.6. The second-order valence-corrected chi connectivity index (χ2v) is 8.83. The number of carbonyl (C=O) groups is 2. The van der Waals surface area contributed by atoms with Crippen LogP contribution in [0.15, 0.2) is 18.2 Å². The van der Waals surface area contributed by atoms with Crippen LogP contribution in [0, 0.1) is 11.8 Å². The van der Waals surface area contributed by atoms with Gasteiger partial charge in [-0.1, -0.05) is 29.3 Å². The molecular formula is C15H14Cl2FNO5S. The molecule has 1 aromatic rings. The lowest BCUT2D eigenvalue weighted by Crippen LogP contribution is -2.62. The van der Waals surface area contributed by atoms with Gasteiger partial charge in [-0.15, -0.1) is 0 Å². The van der Waals surface area contributed by atoms with E-state index in [0.29, 0.717) is 10.6 Å². The zero-order valence-corrected chi connectivity index (χ0v) is 14.9. The highest BCUT2D eigenvalue weighted by molar-refractivity contribution is 7.91. The van der Waals surface area contributed by atoms with E-state index in [1.807, 2.05) is 0 Å². The van der Waals surface area contributed by atoms with Crippen molar-refractivity contribution < 1.29 is 28.7 Å². The Kier molecular flexibility index (Phi) is 4.49. The number of hydrogen-bond acceptors (Lipinski definition) is 4. The highest BCUT2D eigenvalue weighted by Gasteiger charge is 2.86. The van der Waals surface area contributed by atoms with Gasteiger partial charge in [0.1, 0.15) is 11.0 Å². The number of carboxylic acids is 2. The van der Waals surface area contributed by atoms with Gasteiger partial charge in [-0.3, -0.25) is 4.79 Å². The average Bonchev–Trinajstić information content (AvgIpc) is 2.98. The van der Waals surface area contributed by atoms with Gasteiger partial charge < -0.3 is 20.5 Å². The molecule has 1 aromatic carbocycles. The molecule has 3 rings (SSSR count). The molecule has 2 fully saturated rings. The van der Waals surface area contributed by atoms with Gasteiger partial charge in [0.25, 0.3) is 0 Å². The molecule has 1 unspecified atom stereocenters. The number of rotatable bonds is 5. The average molecular weight is 410 g/mol. The first kappa shape index (κ1) is 18.7. The molecule has 0 heterocycles. The second kappa shape index (κ2) is 5.99. The van der Waals surface area contributed by atoms with Gasteiger partial charge in [-0.05, 0) is 23.3 Å². The minimum absolute atomic E-state index is 0.0421. The van der Waals surface area contributed by atoms with E-state index in [1.54, 1.807) is 6.07 Å². The van der Waals surface area contributed by atoms with Crippen molar-refractivity contribution in [1.29, 1.82) is 0 Å². The number of fused-ring (bicyclic) bond motifs is 1. The summed E-state index contributed by atoms with van der Waals surface area (Å²) in [6, 6.07) is 4.62. The molecule has 2 aliphatic rings. The van der Waals surface area contributed by atoms with Crippen LogP contribution in [-0.2, 0) is 26.5 Å². The predicted octanol–water partition coefficient (Wildman–Crippen LogP) is 1.84. The molecule has 4 N–H and O–H groups in total. The molecule has 0 aliphatic heterocycles. The van der Waals surface area contributed by atoms with Crippen LogP contribution in [0.25, 0.3) is 0 Å². The predicted molar refractivity (Wildman–Crippen MR) is 89.7 cm³/mol. The van der Waals surface area contributed by atoms with Gasteiger partial charge in [-0.2, -0.15) is 0 Å². The lowest BCUT2D eigenvalue weighted by Gasteiger charge is -2.32. The van der Waals surface area contributed by atoms with Gasteiger partial charge in [-0.25, -0.2) is 9.18 Å². The van der Waals surface area contributed by atoms with Crippen LogP contribution >= 0.6 is 23.2 Å². The monoisotopic (exact) mass is 409 g/mol. The lowest BCUT2D eigenvalue weighted by atomic mass is 9.90. The Labute approximate surface area is 155 Å². The Morgan fingerprint density at radius 1 is 1.32 bits per heavy atom. The molecule has 0 saturated heterocycles. The van der Waals surface area contributed by atoms with Crippen LogP contribution < -0.4 is 5.73 Å². The molecule has 6 atom stereocenters. The number of hydrogen-bond donors (Lipinski definition) is 3. The summed E-state index contributed by atoms with van der Waals surface area (Å²) < 4.78 is 27.2. The standard InChI is InChI=1S/C15H14Cl2FNO5S/c16-8-2-1-6(3-9(8)17)5-25(24)10-4-7-11(14(7,18)12(20)21)15(10,19)13(22)23/h1-3,7,10-11H,4-5,19H2,(H,20,21)(H,22,23)/t7-,10-,11+,14-,15+,25?/m1/s1. The molecule has 10 heteroatoms. The van der Waals surface area contributed by atoms with Gasteiger partial charge >= 0.3 is 11.9 Å². The number of alkyl halides is 1. The highest BCUT2D eigenvalue weighted by Crippen LogP contribution is 2.67. The molecule has 6 nitrogen and oxygen atoms in total. The zero-order chi connectivity index (χ0) is 18.7. The first-order chi connectivity index (χ1) is 11.5. The fourth-order valence-electron chi connectivity index (χ4n) is 3.82. The maximum absolute atomic E-state index is 14.5. The van der Waals surface area contributed by atoms with E-state index < -0.39 is 51.4 Å². The van der Waals surface area contributed by atoms with Crippen LogP contribution in [0.1, 0.15) is 12.0 Å². The third-order valence-electron chi connectivity index (χ3n) is 5.11. The number of halogens is 3. The molecule has 0 spiro atoms. The van der Waals surface area contributed by atoms with E-state index in [9.17, 15) is 23.6 Å². The van der Waals surface area contributed by atoms with Crippen molar-refractivity contribution in [3.05, 3.63) is 33.8 Å². The van der Waals surface area contributed by atoms with Gasteiger partial charge in [0, 0.05) is 23.8 Å². The Hall–Kier alpha value is -1.06. The maximum atomic E-state index is 14.5. The molecule has 2 saturated carbocycles. The third kappa shape index (κ3) is 2.62. The first-order valence-corrected chi connectivity index (χ1v) is 9.44. The molecular weight excluding hydrogens is 396 g/mol. The van der Waals surface area contributed by atoms with Crippen LogP contribution in [-0.4, -0.2) is 43.2 Å². The normalized spacial score (nSPS) is 37.4. The van der Waals surface area contributed by atoms with Crippen molar-refractivity contribution >= 4 is 46.3 Å². The van der Waals surface area contributed by atoms with Crippen LogP contribution in [0.5, 0.6) is 0 Å². The second-order valence-electron chi connectivity index (χ2n) is 6.39. The summed E-state index contributed by atoms with van der Waals surface area (Å²) in [5.74, 6) is -5.76. The smallest absolute Gasteiger partial charge is 0.342 e. The summed E-state index contributed by atoms with van der Waals surface area (Å²) in [7, 11) is 0. The van der Waals surface area contributed by atoms with E-state index in [-0.39, 0.29) is 17.2 Å². The molecule has 0 radical (unpaired) electrons. The Bertz CT molecular complexity index is 767. The Morgan fingerprint density at radius 3 is 2.48 bits per heavy atom. The summed E-state index contributed by atoms with van der Waals surface area (Å²) in [4.78, 5) is 22.8. The summed E-state index contributed by atoms with van der Waals surface area (Å²) >= 11 is 9.96. The largest absolute Gasteiger partial charge is 0.616 e.